The van der Waals surface area contributed by atoms with Gasteiger partial charge in [-0.05, 0) is 54.8 Å². The van der Waals surface area contributed by atoms with Crippen LogP contribution in [0.1, 0.15) is 41.0 Å². The van der Waals surface area contributed by atoms with Gasteiger partial charge in [0.25, 0.3) is 0 Å². The highest BCUT2D eigenvalue weighted by atomic mass is 16.6. The molecule has 0 aliphatic carbocycles. The molecule has 3 rings (SSSR count). The van der Waals surface area contributed by atoms with Crippen molar-refractivity contribution in [2.75, 3.05) is 19.8 Å². The minimum atomic E-state index is -0.596. The van der Waals surface area contributed by atoms with E-state index in [4.69, 9.17) is 18.9 Å². The summed E-state index contributed by atoms with van der Waals surface area (Å²) in [5.41, 5.74) is 0.492. The van der Waals surface area contributed by atoms with E-state index in [1.54, 1.807) is 48.5 Å². The maximum absolute atomic E-state index is 12.7. The molecule has 0 aliphatic heterocycles. The van der Waals surface area contributed by atoms with Crippen molar-refractivity contribution in [3.63, 3.8) is 0 Å². The van der Waals surface area contributed by atoms with Gasteiger partial charge in [0.05, 0.1) is 12.2 Å². The van der Waals surface area contributed by atoms with E-state index in [1.165, 1.54) is 0 Å². The maximum atomic E-state index is 12.7. The monoisotopic (exact) mass is 448 g/mol. The highest BCUT2D eigenvalue weighted by Gasteiger charge is 2.18. The summed E-state index contributed by atoms with van der Waals surface area (Å²) in [5.74, 6) is 0.759. The van der Waals surface area contributed by atoms with Gasteiger partial charge in [-0.2, -0.15) is 0 Å². The second kappa shape index (κ2) is 12.3. The Morgan fingerprint density at radius 1 is 0.727 bits per heavy atom. The zero-order valence-electron chi connectivity index (χ0n) is 18.9. The fourth-order valence-corrected chi connectivity index (χ4v) is 2.90. The van der Waals surface area contributed by atoms with Gasteiger partial charge in [0.1, 0.15) is 36.0 Å². The summed E-state index contributed by atoms with van der Waals surface area (Å²) >= 11 is 0. The van der Waals surface area contributed by atoms with Crippen molar-refractivity contribution in [2.45, 2.75) is 20.3 Å². The van der Waals surface area contributed by atoms with Gasteiger partial charge in [0.15, 0.2) is 0 Å². The average Bonchev–Trinajstić information content (AvgIpc) is 2.82. The Kier molecular flexibility index (Phi) is 8.88. The molecule has 172 valence electrons. The van der Waals surface area contributed by atoms with Gasteiger partial charge in [-0.3, -0.25) is 0 Å². The number of ether oxygens (including phenoxy) is 4. The third-order valence-corrected chi connectivity index (χ3v) is 4.67. The van der Waals surface area contributed by atoms with Gasteiger partial charge in [0, 0.05) is 0 Å². The number of carbonyl (C=O) groups is 2. The zero-order valence-corrected chi connectivity index (χ0v) is 18.9. The molecule has 0 fully saturated rings. The lowest BCUT2D eigenvalue weighted by molar-refractivity contribution is 0.0445. The highest BCUT2D eigenvalue weighted by molar-refractivity contribution is 5.96. The standard InChI is InChI=1S/C27H28O6/c1-20(2)15-16-30-23-12-8-9-21(19-23)26(28)33-25-14-7-6-13-24(25)27(29)32-18-17-31-22-10-4-3-5-11-22/h3-14,19-20H,15-18H2,1-2H3. The van der Waals surface area contributed by atoms with Crippen molar-refractivity contribution >= 4 is 11.9 Å². The molecule has 0 aromatic heterocycles. The van der Waals surface area contributed by atoms with Crippen LogP contribution in [0.4, 0.5) is 0 Å². The van der Waals surface area contributed by atoms with Crippen LogP contribution < -0.4 is 14.2 Å². The molecule has 0 bridgehead atoms. The predicted octanol–water partition coefficient (Wildman–Crippen LogP) is 5.57. The Labute approximate surface area is 194 Å². The molecule has 0 spiro atoms. The van der Waals surface area contributed by atoms with Crippen molar-refractivity contribution in [2.24, 2.45) is 5.92 Å². The molecular weight excluding hydrogens is 420 g/mol. The van der Waals surface area contributed by atoms with Crippen molar-refractivity contribution < 1.29 is 28.5 Å². The minimum absolute atomic E-state index is 0.0613. The van der Waals surface area contributed by atoms with Crippen LogP contribution in [0.25, 0.3) is 0 Å². The summed E-state index contributed by atoms with van der Waals surface area (Å²) in [6.45, 7) is 5.08. The van der Waals surface area contributed by atoms with E-state index in [9.17, 15) is 9.59 Å². The van der Waals surface area contributed by atoms with E-state index in [0.717, 1.165) is 6.42 Å². The van der Waals surface area contributed by atoms with Crippen LogP contribution in [0.5, 0.6) is 17.2 Å². The fourth-order valence-electron chi connectivity index (χ4n) is 2.90. The van der Waals surface area contributed by atoms with Crippen LogP contribution >= 0.6 is 0 Å². The molecule has 0 atom stereocenters. The summed E-state index contributed by atoms with van der Waals surface area (Å²) in [6, 6.07) is 22.5. The Balaban J connectivity index is 1.57. The lowest BCUT2D eigenvalue weighted by Gasteiger charge is -2.12. The van der Waals surface area contributed by atoms with Crippen molar-refractivity contribution in [3.8, 4) is 17.2 Å². The summed E-state index contributed by atoms with van der Waals surface area (Å²) in [7, 11) is 0. The Hall–Kier alpha value is -3.80. The Morgan fingerprint density at radius 2 is 1.42 bits per heavy atom. The molecule has 6 heteroatoms. The lowest BCUT2D eigenvalue weighted by atomic mass is 10.1. The van der Waals surface area contributed by atoms with Gasteiger partial charge < -0.3 is 18.9 Å². The molecule has 0 saturated carbocycles. The first-order valence-electron chi connectivity index (χ1n) is 10.9. The van der Waals surface area contributed by atoms with E-state index in [2.05, 4.69) is 13.8 Å². The van der Waals surface area contributed by atoms with Crippen LogP contribution in [0.15, 0.2) is 78.9 Å². The first-order valence-corrected chi connectivity index (χ1v) is 10.9. The molecule has 0 amide bonds. The molecule has 3 aromatic carbocycles. The van der Waals surface area contributed by atoms with Gasteiger partial charge in [-0.25, -0.2) is 9.59 Å². The summed E-state index contributed by atoms with van der Waals surface area (Å²) in [6.07, 6.45) is 0.917. The predicted molar refractivity (Wildman–Crippen MR) is 125 cm³/mol. The average molecular weight is 449 g/mol. The Morgan fingerprint density at radius 3 is 2.21 bits per heavy atom. The highest BCUT2D eigenvalue weighted by Crippen LogP contribution is 2.22. The van der Waals surface area contributed by atoms with E-state index in [-0.39, 0.29) is 24.5 Å². The van der Waals surface area contributed by atoms with Crippen LogP contribution in [0.3, 0.4) is 0 Å². The molecular formula is C27H28O6. The largest absolute Gasteiger partial charge is 0.494 e. The van der Waals surface area contributed by atoms with Crippen molar-refractivity contribution in [1.82, 2.24) is 0 Å². The van der Waals surface area contributed by atoms with Crippen LogP contribution in [0.2, 0.25) is 0 Å². The van der Waals surface area contributed by atoms with Crippen LogP contribution in [-0.2, 0) is 4.74 Å². The van der Waals surface area contributed by atoms with Crippen LogP contribution in [0, 0.1) is 5.92 Å². The van der Waals surface area contributed by atoms with Gasteiger partial charge in [-0.15, -0.1) is 0 Å². The second-order valence-corrected chi connectivity index (χ2v) is 7.74. The number of rotatable bonds is 11. The number of para-hydroxylation sites is 2. The van der Waals surface area contributed by atoms with Gasteiger partial charge >= 0.3 is 11.9 Å². The van der Waals surface area contributed by atoms with E-state index >= 15 is 0 Å². The van der Waals surface area contributed by atoms with Crippen molar-refractivity contribution in [1.29, 1.82) is 0 Å². The van der Waals surface area contributed by atoms with Crippen molar-refractivity contribution in [3.05, 3.63) is 90.0 Å². The molecule has 0 heterocycles. The zero-order chi connectivity index (χ0) is 23.5. The first kappa shape index (κ1) is 23.9. The lowest BCUT2D eigenvalue weighted by Crippen LogP contribution is -2.15. The van der Waals surface area contributed by atoms with Crippen LogP contribution in [-0.4, -0.2) is 31.8 Å². The summed E-state index contributed by atoms with van der Waals surface area (Å²) in [5, 5.41) is 0. The molecule has 0 radical (unpaired) electrons. The first-order chi connectivity index (χ1) is 16.0. The number of benzene rings is 3. The summed E-state index contributed by atoms with van der Waals surface area (Å²) < 4.78 is 22.0. The van der Waals surface area contributed by atoms with Gasteiger partial charge in [0.2, 0.25) is 0 Å². The second-order valence-electron chi connectivity index (χ2n) is 7.74. The maximum Gasteiger partial charge on any atom is 0.343 e. The summed E-state index contributed by atoms with van der Waals surface area (Å²) in [4.78, 5) is 25.2. The molecule has 0 aliphatic rings. The third kappa shape index (κ3) is 7.68. The molecule has 6 nitrogen and oxygen atoms in total. The van der Waals surface area contributed by atoms with E-state index < -0.39 is 11.9 Å². The molecule has 0 N–H and O–H groups in total. The Bertz CT molecular complexity index is 1050. The van der Waals surface area contributed by atoms with E-state index in [0.29, 0.717) is 29.6 Å². The molecule has 3 aromatic rings. The number of hydrogen-bond donors (Lipinski definition) is 0. The number of esters is 2. The smallest absolute Gasteiger partial charge is 0.343 e. The molecule has 33 heavy (non-hydrogen) atoms. The van der Waals surface area contributed by atoms with Gasteiger partial charge in [-0.1, -0.05) is 50.2 Å². The number of carbonyl (C=O) groups excluding carboxylic acids is 2. The van der Waals surface area contributed by atoms with E-state index in [1.807, 2.05) is 30.3 Å². The number of hydrogen-bond acceptors (Lipinski definition) is 6. The fraction of sp³-hybridized carbons (Fsp3) is 0.259. The topological polar surface area (TPSA) is 71.1 Å². The third-order valence-electron chi connectivity index (χ3n) is 4.67. The molecule has 0 unspecified atom stereocenters. The molecule has 0 saturated heterocycles. The normalized spacial score (nSPS) is 10.5. The quantitative estimate of drug-likeness (QED) is 0.217. The minimum Gasteiger partial charge on any atom is -0.494 e. The SMILES string of the molecule is CC(C)CCOc1cccc(C(=O)Oc2ccccc2C(=O)OCCOc2ccccc2)c1.